The fourth-order valence-electron chi connectivity index (χ4n) is 1.57. The summed E-state index contributed by atoms with van der Waals surface area (Å²) in [6, 6.07) is 12.5. The Balaban J connectivity index is 2.37. The minimum atomic E-state index is -1.00. The van der Waals surface area contributed by atoms with Crippen molar-refractivity contribution in [1.29, 1.82) is 0 Å². The topological polar surface area (TPSA) is 75.3 Å². The molecule has 0 amide bonds. The van der Waals surface area contributed by atoms with E-state index in [4.69, 9.17) is 10.8 Å². The number of hydrogen-bond acceptors (Lipinski definition) is 3. The Kier molecular flexibility index (Phi) is 3.71. The van der Waals surface area contributed by atoms with E-state index >= 15 is 0 Å². The van der Waals surface area contributed by atoms with Crippen molar-refractivity contribution in [3.8, 4) is 0 Å². The van der Waals surface area contributed by atoms with Crippen molar-refractivity contribution in [2.24, 2.45) is 0 Å². The zero-order valence-corrected chi connectivity index (χ0v) is 11.5. The maximum absolute atomic E-state index is 11.1. The number of hydrogen-bond donors (Lipinski definition) is 3. The molecule has 0 saturated carbocycles. The zero-order chi connectivity index (χ0) is 13.1. The van der Waals surface area contributed by atoms with Crippen LogP contribution in [-0.2, 0) is 0 Å². The Hall–Kier alpha value is -1.76. The summed E-state index contributed by atoms with van der Waals surface area (Å²) in [4.78, 5) is 11.1. The zero-order valence-electron chi connectivity index (χ0n) is 9.35. The normalized spacial score (nSPS) is 10.1. The summed E-state index contributed by atoms with van der Waals surface area (Å²) < 4.78 is 1.07. The third kappa shape index (κ3) is 2.92. The quantitative estimate of drug-likeness (QED) is 0.584. The molecule has 0 aliphatic heterocycles. The smallest absolute Gasteiger partial charge is 0.337 e. The van der Waals surface area contributed by atoms with Crippen LogP contribution in [0, 0.1) is 3.57 Å². The standard InChI is InChI=1S/C13H11IN2O2/c14-8-2-1-3-10(6-8)16-12-5-4-9(15)7-11(12)13(17)18/h1-7,16H,15H2,(H,17,18). The number of halogens is 1. The lowest BCUT2D eigenvalue weighted by Gasteiger charge is -2.10. The van der Waals surface area contributed by atoms with Gasteiger partial charge in [0.1, 0.15) is 0 Å². The van der Waals surface area contributed by atoms with Gasteiger partial charge in [-0.1, -0.05) is 6.07 Å². The van der Waals surface area contributed by atoms with Crippen LogP contribution >= 0.6 is 22.6 Å². The number of aromatic carboxylic acids is 1. The van der Waals surface area contributed by atoms with Gasteiger partial charge >= 0.3 is 5.97 Å². The summed E-state index contributed by atoms with van der Waals surface area (Å²) in [6.07, 6.45) is 0. The summed E-state index contributed by atoms with van der Waals surface area (Å²) in [6.45, 7) is 0. The molecule has 0 aromatic heterocycles. The van der Waals surface area contributed by atoms with Gasteiger partial charge in [-0.3, -0.25) is 0 Å². The van der Waals surface area contributed by atoms with Crippen LogP contribution in [0.5, 0.6) is 0 Å². The predicted molar refractivity (Wildman–Crippen MR) is 80.3 cm³/mol. The lowest BCUT2D eigenvalue weighted by molar-refractivity contribution is 0.0698. The molecule has 2 aromatic rings. The molecule has 0 saturated heterocycles. The Morgan fingerprint density at radius 1 is 1.22 bits per heavy atom. The number of rotatable bonds is 3. The van der Waals surface area contributed by atoms with Crippen LogP contribution in [0.25, 0.3) is 0 Å². The van der Waals surface area contributed by atoms with Crippen LogP contribution in [0.2, 0.25) is 0 Å². The van der Waals surface area contributed by atoms with Gasteiger partial charge in [0.15, 0.2) is 0 Å². The Morgan fingerprint density at radius 3 is 2.67 bits per heavy atom. The van der Waals surface area contributed by atoms with Crippen molar-refractivity contribution in [2.45, 2.75) is 0 Å². The number of nitrogen functional groups attached to an aromatic ring is 1. The number of anilines is 3. The second-order valence-electron chi connectivity index (χ2n) is 3.75. The highest BCUT2D eigenvalue weighted by molar-refractivity contribution is 14.1. The monoisotopic (exact) mass is 354 g/mol. The predicted octanol–water partition coefficient (Wildman–Crippen LogP) is 3.32. The van der Waals surface area contributed by atoms with Gasteiger partial charge in [0.05, 0.1) is 11.3 Å². The Bertz CT molecular complexity index is 599. The van der Waals surface area contributed by atoms with E-state index in [1.807, 2.05) is 24.3 Å². The van der Waals surface area contributed by atoms with Gasteiger partial charge in [0.2, 0.25) is 0 Å². The molecular formula is C13H11IN2O2. The SMILES string of the molecule is Nc1ccc(Nc2cccc(I)c2)c(C(=O)O)c1. The van der Waals surface area contributed by atoms with Gasteiger partial charge in [-0.2, -0.15) is 0 Å². The summed E-state index contributed by atoms with van der Waals surface area (Å²) in [7, 11) is 0. The Morgan fingerprint density at radius 2 is 2.00 bits per heavy atom. The van der Waals surface area contributed by atoms with Gasteiger partial charge < -0.3 is 16.2 Å². The molecule has 92 valence electrons. The molecule has 0 aliphatic rings. The molecular weight excluding hydrogens is 343 g/mol. The highest BCUT2D eigenvalue weighted by atomic mass is 127. The summed E-state index contributed by atoms with van der Waals surface area (Å²) in [5.41, 5.74) is 7.55. The lowest BCUT2D eigenvalue weighted by Crippen LogP contribution is -2.03. The average molecular weight is 354 g/mol. The molecule has 0 fully saturated rings. The largest absolute Gasteiger partial charge is 0.478 e. The first-order chi connectivity index (χ1) is 8.56. The highest BCUT2D eigenvalue weighted by Crippen LogP contribution is 2.24. The van der Waals surface area contributed by atoms with E-state index in [1.165, 1.54) is 6.07 Å². The molecule has 2 rings (SSSR count). The van der Waals surface area contributed by atoms with E-state index in [9.17, 15) is 4.79 Å². The second kappa shape index (κ2) is 5.26. The fraction of sp³-hybridized carbons (Fsp3) is 0. The summed E-state index contributed by atoms with van der Waals surface area (Å²) >= 11 is 2.20. The van der Waals surface area contributed by atoms with Crippen molar-refractivity contribution in [3.05, 3.63) is 51.6 Å². The van der Waals surface area contributed by atoms with Gasteiger partial charge in [-0.05, 0) is 59.0 Å². The highest BCUT2D eigenvalue weighted by Gasteiger charge is 2.10. The minimum absolute atomic E-state index is 0.161. The van der Waals surface area contributed by atoms with Crippen molar-refractivity contribution in [1.82, 2.24) is 0 Å². The first-order valence-corrected chi connectivity index (χ1v) is 6.29. The van der Waals surface area contributed by atoms with Crippen molar-refractivity contribution in [2.75, 3.05) is 11.1 Å². The first kappa shape index (κ1) is 12.7. The van der Waals surface area contributed by atoms with Crippen LogP contribution in [0.15, 0.2) is 42.5 Å². The fourth-order valence-corrected chi connectivity index (χ4v) is 2.11. The van der Waals surface area contributed by atoms with E-state index < -0.39 is 5.97 Å². The van der Waals surface area contributed by atoms with Gasteiger partial charge in [0.25, 0.3) is 0 Å². The van der Waals surface area contributed by atoms with Crippen molar-refractivity contribution >= 4 is 45.6 Å². The van der Waals surface area contributed by atoms with E-state index in [-0.39, 0.29) is 5.56 Å². The van der Waals surface area contributed by atoms with E-state index in [0.717, 1.165) is 9.26 Å². The van der Waals surface area contributed by atoms with E-state index in [0.29, 0.717) is 11.4 Å². The number of nitrogens with one attached hydrogen (secondary N) is 1. The molecule has 0 spiro atoms. The third-order valence-electron chi connectivity index (χ3n) is 2.38. The van der Waals surface area contributed by atoms with E-state index in [1.54, 1.807) is 12.1 Å². The molecule has 0 aliphatic carbocycles. The third-order valence-corrected chi connectivity index (χ3v) is 3.05. The number of carboxylic acids is 1. The van der Waals surface area contributed by atoms with Crippen LogP contribution in [0.3, 0.4) is 0 Å². The lowest BCUT2D eigenvalue weighted by atomic mass is 10.1. The summed E-state index contributed by atoms with van der Waals surface area (Å²) in [5.74, 6) is -1.00. The second-order valence-corrected chi connectivity index (χ2v) is 4.99. The van der Waals surface area contributed by atoms with Crippen LogP contribution < -0.4 is 11.1 Å². The van der Waals surface area contributed by atoms with Crippen molar-refractivity contribution < 1.29 is 9.90 Å². The number of carbonyl (C=O) groups is 1. The number of carboxylic acid groups (broad SMARTS) is 1. The first-order valence-electron chi connectivity index (χ1n) is 5.21. The molecule has 0 bridgehead atoms. The maximum atomic E-state index is 11.1. The number of benzene rings is 2. The van der Waals surface area contributed by atoms with Crippen molar-refractivity contribution in [3.63, 3.8) is 0 Å². The molecule has 0 atom stereocenters. The molecule has 4 nitrogen and oxygen atoms in total. The molecule has 0 radical (unpaired) electrons. The average Bonchev–Trinajstić information content (AvgIpc) is 2.31. The minimum Gasteiger partial charge on any atom is -0.478 e. The van der Waals surface area contributed by atoms with Crippen LogP contribution in [0.4, 0.5) is 17.1 Å². The molecule has 0 heterocycles. The molecule has 0 unspecified atom stereocenters. The molecule has 5 heteroatoms. The molecule has 4 N–H and O–H groups in total. The summed E-state index contributed by atoms with van der Waals surface area (Å²) in [5, 5.41) is 12.2. The van der Waals surface area contributed by atoms with Gasteiger partial charge in [-0.15, -0.1) is 0 Å². The number of nitrogens with two attached hydrogens (primary N) is 1. The molecule has 18 heavy (non-hydrogen) atoms. The van der Waals surface area contributed by atoms with Gasteiger partial charge in [0, 0.05) is 14.9 Å². The van der Waals surface area contributed by atoms with E-state index in [2.05, 4.69) is 27.9 Å². The Labute approximate surface area is 118 Å². The van der Waals surface area contributed by atoms with Gasteiger partial charge in [-0.25, -0.2) is 4.79 Å². The van der Waals surface area contributed by atoms with Crippen LogP contribution in [-0.4, -0.2) is 11.1 Å². The maximum Gasteiger partial charge on any atom is 0.337 e. The molecule has 2 aromatic carbocycles. The van der Waals surface area contributed by atoms with Crippen LogP contribution in [0.1, 0.15) is 10.4 Å².